The molecule has 116 valence electrons. The Balaban J connectivity index is 1.98. The lowest BCUT2D eigenvalue weighted by Gasteiger charge is -2.27. The molecule has 1 N–H and O–H groups in total. The van der Waals surface area contributed by atoms with Crippen LogP contribution in [0.25, 0.3) is 0 Å². The molecule has 2 rings (SSSR count). The first-order valence-corrected chi connectivity index (χ1v) is 6.36. The van der Waals surface area contributed by atoms with Crippen LogP contribution >= 0.6 is 0 Å². The van der Waals surface area contributed by atoms with Gasteiger partial charge >= 0.3 is 6.18 Å². The van der Waals surface area contributed by atoms with Crippen molar-refractivity contribution >= 4 is 5.91 Å². The zero-order valence-electron chi connectivity index (χ0n) is 11.0. The number of halogens is 4. The van der Waals surface area contributed by atoms with Crippen molar-refractivity contribution in [3.8, 4) is 5.75 Å². The number of hydrogen-bond acceptors (Lipinski definition) is 3. The summed E-state index contributed by atoms with van der Waals surface area (Å²) in [5.74, 6) is -1.87. The fourth-order valence-electron chi connectivity index (χ4n) is 1.96. The SMILES string of the molecule is O=C(COc1ccc(F)c(C(F)(F)F)c1)N1CCNCC1. The van der Waals surface area contributed by atoms with E-state index in [1.54, 1.807) is 4.90 Å². The van der Waals surface area contributed by atoms with Gasteiger partial charge in [0.15, 0.2) is 6.61 Å². The van der Waals surface area contributed by atoms with Crippen LogP contribution in [0.2, 0.25) is 0 Å². The number of hydrogen-bond donors (Lipinski definition) is 1. The van der Waals surface area contributed by atoms with Crippen molar-refractivity contribution in [2.75, 3.05) is 32.8 Å². The maximum absolute atomic E-state index is 13.1. The number of ether oxygens (including phenoxy) is 1. The molecule has 0 saturated carbocycles. The molecule has 1 aliphatic rings. The van der Waals surface area contributed by atoms with Gasteiger partial charge in [-0.15, -0.1) is 0 Å². The summed E-state index contributed by atoms with van der Waals surface area (Å²) < 4.78 is 55.8. The highest BCUT2D eigenvalue weighted by Gasteiger charge is 2.34. The van der Waals surface area contributed by atoms with Crippen LogP contribution in [-0.4, -0.2) is 43.6 Å². The van der Waals surface area contributed by atoms with Crippen LogP contribution in [0.15, 0.2) is 18.2 Å². The first-order valence-electron chi connectivity index (χ1n) is 6.36. The second kappa shape index (κ2) is 6.30. The van der Waals surface area contributed by atoms with Crippen molar-refractivity contribution in [2.24, 2.45) is 0 Å². The van der Waals surface area contributed by atoms with Crippen LogP contribution in [0.4, 0.5) is 17.6 Å². The number of benzene rings is 1. The third-order valence-electron chi connectivity index (χ3n) is 3.08. The quantitative estimate of drug-likeness (QED) is 0.864. The number of nitrogens with zero attached hydrogens (tertiary/aromatic N) is 1. The third-order valence-corrected chi connectivity index (χ3v) is 3.08. The zero-order valence-corrected chi connectivity index (χ0v) is 11.0. The fraction of sp³-hybridized carbons (Fsp3) is 0.462. The zero-order chi connectivity index (χ0) is 15.5. The molecule has 0 aliphatic carbocycles. The van der Waals surface area contributed by atoms with E-state index in [0.29, 0.717) is 38.3 Å². The molecule has 8 heteroatoms. The number of alkyl halides is 3. The molecule has 1 heterocycles. The average Bonchev–Trinajstić information content (AvgIpc) is 2.45. The maximum atomic E-state index is 13.1. The predicted molar refractivity (Wildman–Crippen MR) is 66.3 cm³/mol. The standard InChI is InChI=1S/C13H14F4N2O2/c14-11-2-1-9(7-10(11)13(15,16)17)21-8-12(20)19-5-3-18-4-6-19/h1-2,7,18H,3-6,8H2. The summed E-state index contributed by atoms with van der Waals surface area (Å²) in [5.41, 5.74) is -1.41. The van der Waals surface area contributed by atoms with Gasteiger partial charge in [-0.05, 0) is 18.2 Å². The van der Waals surface area contributed by atoms with Crippen LogP contribution in [0.1, 0.15) is 5.56 Å². The largest absolute Gasteiger partial charge is 0.484 e. The number of rotatable bonds is 3. The first-order chi connectivity index (χ1) is 9.88. The molecule has 1 aliphatic heterocycles. The molecule has 21 heavy (non-hydrogen) atoms. The monoisotopic (exact) mass is 306 g/mol. The summed E-state index contributed by atoms with van der Waals surface area (Å²) in [7, 11) is 0. The van der Waals surface area contributed by atoms with Crippen molar-refractivity contribution in [1.29, 1.82) is 0 Å². The van der Waals surface area contributed by atoms with Gasteiger partial charge in [0.05, 0.1) is 5.56 Å². The van der Waals surface area contributed by atoms with Crippen molar-refractivity contribution in [1.82, 2.24) is 10.2 Å². The Hall–Kier alpha value is -1.83. The Morgan fingerprint density at radius 1 is 1.29 bits per heavy atom. The molecular weight excluding hydrogens is 292 g/mol. The van der Waals surface area contributed by atoms with Gasteiger partial charge in [0.25, 0.3) is 5.91 Å². The van der Waals surface area contributed by atoms with Gasteiger partial charge in [-0.2, -0.15) is 13.2 Å². The summed E-state index contributed by atoms with van der Waals surface area (Å²) in [4.78, 5) is 13.4. The van der Waals surface area contributed by atoms with Gasteiger partial charge in [0.2, 0.25) is 0 Å². The van der Waals surface area contributed by atoms with E-state index in [1.807, 2.05) is 0 Å². The molecule has 0 unspecified atom stereocenters. The van der Waals surface area contributed by atoms with Gasteiger partial charge in [-0.3, -0.25) is 4.79 Å². The highest BCUT2D eigenvalue weighted by Crippen LogP contribution is 2.33. The molecular formula is C13H14F4N2O2. The molecule has 1 aromatic carbocycles. The molecule has 1 fully saturated rings. The fourth-order valence-corrected chi connectivity index (χ4v) is 1.96. The maximum Gasteiger partial charge on any atom is 0.419 e. The Morgan fingerprint density at radius 2 is 1.95 bits per heavy atom. The van der Waals surface area contributed by atoms with E-state index in [9.17, 15) is 22.4 Å². The number of carbonyl (C=O) groups excluding carboxylic acids is 1. The number of carbonyl (C=O) groups is 1. The van der Waals surface area contributed by atoms with Crippen LogP contribution in [0, 0.1) is 5.82 Å². The van der Waals surface area contributed by atoms with Gasteiger partial charge in [0.1, 0.15) is 11.6 Å². The second-order valence-corrected chi connectivity index (χ2v) is 4.56. The van der Waals surface area contributed by atoms with E-state index < -0.39 is 17.6 Å². The highest BCUT2D eigenvalue weighted by atomic mass is 19.4. The number of piperazine rings is 1. The average molecular weight is 306 g/mol. The lowest BCUT2D eigenvalue weighted by atomic mass is 10.2. The Morgan fingerprint density at radius 3 is 2.57 bits per heavy atom. The van der Waals surface area contributed by atoms with Crippen LogP contribution in [0.5, 0.6) is 5.75 Å². The normalized spacial score (nSPS) is 15.9. The lowest BCUT2D eigenvalue weighted by molar-refractivity contribution is -0.140. The predicted octanol–water partition coefficient (Wildman–Crippen LogP) is 1.66. The highest BCUT2D eigenvalue weighted by molar-refractivity contribution is 5.77. The molecule has 0 bridgehead atoms. The minimum atomic E-state index is -4.80. The Labute approximate surface area is 118 Å². The molecule has 0 atom stereocenters. The van der Waals surface area contributed by atoms with E-state index in [1.165, 1.54) is 0 Å². The Kier molecular flexibility index (Phi) is 4.66. The third kappa shape index (κ3) is 4.07. The molecule has 4 nitrogen and oxygen atoms in total. The molecule has 0 radical (unpaired) electrons. The molecule has 1 saturated heterocycles. The second-order valence-electron chi connectivity index (χ2n) is 4.56. The van der Waals surface area contributed by atoms with E-state index in [2.05, 4.69) is 5.32 Å². The number of amides is 1. The Bertz CT molecular complexity index is 513. The van der Waals surface area contributed by atoms with Gasteiger partial charge in [-0.1, -0.05) is 0 Å². The summed E-state index contributed by atoms with van der Waals surface area (Å²) in [6, 6.07) is 2.30. The van der Waals surface area contributed by atoms with Crippen LogP contribution < -0.4 is 10.1 Å². The van der Waals surface area contributed by atoms with E-state index in [4.69, 9.17) is 4.74 Å². The van der Waals surface area contributed by atoms with Gasteiger partial charge in [0, 0.05) is 26.2 Å². The molecule has 1 amide bonds. The van der Waals surface area contributed by atoms with Crippen molar-refractivity contribution < 1.29 is 27.1 Å². The summed E-state index contributed by atoms with van der Waals surface area (Å²) >= 11 is 0. The van der Waals surface area contributed by atoms with Gasteiger partial charge in [-0.25, -0.2) is 4.39 Å². The van der Waals surface area contributed by atoms with E-state index >= 15 is 0 Å². The van der Waals surface area contributed by atoms with Crippen LogP contribution in [0.3, 0.4) is 0 Å². The summed E-state index contributed by atoms with van der Waals surface area (Å²) in [5, 5.41) is 3.07. The molecule has 1 aromatic rings. The number of nitrogens with one attached hydrogen (secondary N) is 1. The lowest BCUT2D eigenvalue weighted by Crippen LogP contribution is -2.47. The summed E-state index contributed by atoms with van der Waals surface area (Å²) in [6.45, 7) is 2.02. The smallest absolute Gasteiger partial charge is 0.419 e. The van der Waals surface area contributed by atoms with Gasteiger partial charge < -0.3 is 15.0 Å². The minimum absolute atomic E-state index is 0.188. The summed E-state index contributed by atoms with van der Waals surface area (Å²) in [6.07, 6.45) is -4.80. The topological polar surface area (TPSA) is 41.6 Å². The van der Waals surface area contributed by atoms with Crippen molar-refractivity contribution in [3.05, 3.63) is 29.6 Å². The van der Waals surface area contributed by atoms with Crippen molar-refractivity contribution in [3.63, 3.8) is 0 Å². The molecule has 0 aromatic heterocycles. The van der Waals surface area contributed by atoms with E-state index in [0.717, 1.165) is 6.07 Å². The van der Waals surface area contributed by atoms with E-state index in [-0.39, 0.29) is 18.3 Å². The minimum Gasteiger partial charge on any atom is -0.484 e. The molecule has 0 spiro atoms. The first kappa shape index (κ1) is 15.6. The van der Waals surface area contributed by atoms with Crippen LogP contribution in [-0.2, 0) is 11.0 Å². The van der Waals surface area contributed by atoms with Crippen molar-refractivity contribution in [2.45, 2.75) is 6.18 Å².